The van der Waals surface area contributed by atoms with Gasteiger partial charge in [0.05, 0.1) is 6.04 Å². The molecule has 0 aromatic heterocycles. The topological polar surface area (TPSA) is 61.4 Å². The number of nitrogens with one attached hydrogen (secondary N) is 2. The first kappa shape index (κ1) is 15.5. The van der Waals surface area contributed by atoms with Crippen LogP contribution in [0.1, 0.15) is 32.4 Å². The Morgan fingerprint density at radius 1 is 1.24 bits per heavy atom. The van der Waals surface area contributed by atoms with Gasteiger partial charge < -0.3 is 5.32 Å². The Balaban J connectivity index is 2.06. The van der Waals surface area contributed by atoms with Gasteiger partial charge in [0.25, 0.3) is 0 Å². The van der Waals surface area contributed by atoms with Crippen molar-refractivity contribution < 1.29 is 9.59 Å². The van der Waals surface area contributed by atoms with Crippen molar-refractivity contribution in [3.63, 3.8) is 0 Å². The van der Waals surface area contributed by atoms with Crippen molar-refractivity contribution in [3.05, 3.63) is 35.9 Å². The van der Waals surface area contributed by atoms with Gasteiger partial charge in [0.1, 0.15) is 0 Å². The zero-order valence-electron chi connectivity index (χ0n) is 12.8. The summed E-state index contributed by atoms with van der Waals surface area (Å²) in [6.45, 7) is 7.02. The average molecular weight is 289 g/mol. The van der Waals surface area contributed by atoms with E-state index < -0.39 is 6.04 Å². The van der Waals surface area contributed by atoms with Crippen molar-refractivity contribution in [3.8, 4) is 0 Å². The van der Waals surface area contributed by atoms with E-state index in [2.05, 4.69) is 36.6 Å². The number of amides is 3. The van der Waals surface area contributed by atoms with Crippen molar-refractivity contribution in [2.24, 2.45) is 5.92 Å². The normalized spacial score (nSPS) is 17.7. The summed E-state index contributed by atoms with van der Waals surface area (Å²) in [7, 11) is 0. The number of hydrogen-bond donors (Lipinski definition) is 2. The Labute approximate surface area is 125 Å². The van der Waals surface area contributed by atoms with Crippen LogP contribution in [0.4, 0.5) is 4.79 Å². The molecule has 114 valence electrons. The van der Waals surface area contributed by atoms with E-state index in [1.54, 1.807) is 0 Å². The molecule has 1 heterocycles. The highest BCUT2D eigenvalue weighted by Gasteiger charge is 2.31. The fraction of sp³-hybridized carbons (Fsp3) is 0.500. The van der Waals surface area contributed by atoms with Gasteiger partial charge in [-0.1, -0.05) is 44.2 Å². The predicted molar refractivity (Wildman–Crippen MR) is 81.7 cm³/mol. The number of benzene rings is 1. The minimum absolute atomic E-state index is 0.0795. The number of imide groups is 1. The number of rotatable bonds is 5. The van der Waals surface area contributed by atoms with Crippen molar-refractivity contribution >= 4 is 11.9 Å². The highest BCUT2D eigenvalue weighted by Crippen LogP contribution is 2.22. The molecular formula is C16H23N3O2. The monoisotopic (exact) mass is 289 g/mol. The second-order valence-electron chi connectivity index (χ2n) is 5.74. The zero-order valence-corrected chi connectivity index (χ0v) is 12.8. The summed E-state index contributed by atoms with van der Waals surface area (Å²) >= 11 is 0. The van der Waals surface area contributed by atoms with E-state index in [0.717, 1.165) is 5.56 Å². The second-order valence-corrected chi connectivity index (χ2v) is 5.74. The lowest BCUT2D eigenvalue weighted by atomic mass is 9.95. The smallest absolute Gasteiger partial charge is 0.324 e. The van der Waals surface area contributed by atoms with Crippen molar-refractivity contribution in [2.75, 3.05) is 13.1 Å². The Kier molecular flexibility index (Phi) is 4.96. The Morgan fingerprint density at radius 3 is 2.43 bits per heavy atom. The predicted octanol–water partition coefficient (Wildman–Crippen LogP) is 1.91. The van der Waals surface area contributed by atoms with E-state index in [1.165, 1.54) is 4.90 Å². The number of urea groups is 1. The van der Waals surface area contributed by atoms with E-state index in [9.17, 15) is 9.59 Å². The summed E-state index contributed by atoms with van der Waals surface area (Å²) in [6.07, 6.45) is 0. The van der Waals surface area contributed by atoms with Crippen LogP contribution in [0.3, 0.4) is 0 Å². The van der Waals surface area contributed by atoms with Crippen LogP contribution in [-0.2, 0) is 4.79 Å². The minimum Gasteiger partial charge on any atom is -0.336 e. The van der Waals surface area contributed by atoms with Gasteiger partial charge in [0, 0.05) is 19.1 Å². The molecule has 0 aliphatic carbocycles. The van der Waals surface area contributed by atoms with Gasteiger partial charge in [-0.25, -0.2) is 4.79 Å². The van der Waals surface area contributed by atoms with E-state index >= 15 is 0 Å². The molecule has 5 heteroatoms. The molecule has 1 fully saturated rings. The van der Waals surface area contributed by atoms with Crippen LogP contribution in [-0.4, -0.2) is 36.0 Å². The molecule has 3 amide bonds. The number of nitrogens with zero attached hydrogens (tertiary/aromatic N) is 1. The maximum Gasteiger partial charge on any atom is 0.324 e. The van der Waals surface area contributed by atoms with Crippen molar-refractivity contribution in [2.45, 2.75) is 32.9 Å². The molecular weight excluding hydrogens is 266 g/mol. The summed E-state index contributed by atoms with van der Waals surface area (Å²) in [5.74, 6) is 0.168. The van der Waals surface area contributed by atoms with Gasteiger partial charge in [-0.2, -0.15) is 0 Å². The summed E-state index contributed by atoms with van der Waals surface area (Å²) in [5.41, 5.74) is 1.15. The fourth-order valence-electron chi connectivity index (χ4n) is 2.59. The molecule has 21 heavy (non-hydrogen) atoms. The molecule has 1 aliphatic heterocycles. The van der Waals surface area contributed by atoms with Crippen LogP contribution in [0.15, 0.2) is 30.3 Å². The Bertz CT molecular complexity index is 502. The number of carbonyl (C=O) groups excluding carboxylic acids is 2. The molecule has 0 bridgehead atoms. The molecule has 5 nitrogen and oxygen atoms in total. The zero-order chi connectivity index (χ0) is 15.4. The first-order valence-corrected chi connectivity index (χ1v) is 7.41. The van der Waals surface area contributed by atoms with Crippen LogP contribution in [0.25, 0.3) is 0 Å². The summed E-state index contributed by atoms with van der Waals surface area (Å²) in [6, 6.07) is 9.45. The minimum atomic E-state index is -0.401. The molecule has 1 saturated heterocycles. The van der Waals surface area contributed by atoms with Gasteiger partial charge in [-0.05, 0) is 18.4 Å². The third kappa shape index (κ3) is 3.61. The number of hydrogen-bond acceptors (Lipinski definition) is 3. The molecule has 1 aromatic carbocycles. The van der Waals surface area contributed by atoms with E-state index in [4.69, 9.17) is 0 Å². The van der Waals surface area contributed by atoms with E-state index in [-0.39, 0.29) is 18.0 Å². The van der Waals surface area contributed by atoms with Crippen LogP contribution < -0.4 is 10.6 Å². The molecule has 2 atom stereocenters. The maximum absolute atomic E-state index is 12.3. The van der Waals surface area contributed by atoms with Gasteiger partial charge in [0.2, 0.25) is 5.91 Å². The lowest BCUT2D eigenvalue weighted by molar-refractivity contribution is -0.129. The van der Waals surface area contributed by atoms with E-state index in [1.807, 2.05) is 25.1 Å². The van der Waals surface area contributed by atoms with Crippen LogP contribution >= 0.6 is 0 Å². The lowest BCUT2D eigenvalue weighted by Crippen LogP contribution is -2.47. The SMILES string of the molecule is CC(C)[C@H](N[C@H](C)C(=O)N1CCNC1=O)c1ccccc1. The molecule has 0 spiro atoms. The summed E-state index contributed by atoms with van der Waals surface area (Å²) < 4.78 is 0. The third-order valence-electron chi connectivity index (χ3n) is 3.75. The highest BCUT2D eigenvalue weighted by molar-refractivity contribution is 5.98. The first-order valence-electron chi connectivity index (χ1n) is 7.41. The van der Waals surface area contributed by atoms with Crippen LogP contribution in [0.5, 0.6) is 0 Å². The molecule has 0 saturated carbocycles. The average Bonchev–Trinajstić information content (AvgIpc) is 2.90. The lowest BCUT2D eigenvalue weighted by Gasteiger charge is -2.28. The van der Waals surface area contributed by atoms with Gasteiger partial charge in [0.15, 0.2) is 0 Å². The molecule has 0 unspecified atom stereocenters. The standard InChI is InChI=1S/C16H23N3O2/c1-11(2)14(13-7-5-4-6-8-13)18-12(3)15(20)19-10-9-17-16(19)21/h4-8,11-12,14,18H,9-10H2,1-3H3,(H,17,21)/t12-,14+/m1/s1. The largest absolute Gasteiger partial charge is 0.336 e. The summed E-state index contributed by atoms with van der Waals surface area (Å²) in [4.78, 5) is 25.2. The van der Waals surface area contributed by atoms with Crippen molar-refractivity contribution in [1.29, 1.82) is 0 Å². The Hall–Kier alpha value is -1.88. The van der Waals surface area contributed by atoms with Gasteiger partial charge in [-0.15, -0.1) is 0 Å². The van der Waals surface area contributed by atoms with Crippen molar-refractivity contribution in [1.82, 2.24) is 15.5 Å². The third-order valence-corrected chi connectivity index (χ3v) is 3.75. The second kappa shape index (κ2) is 6.72. The van der Waals surface area contributed by atoms with Gasteiger partial charge >= 0.3 is 6.03 Å². The quantitative estimate of drug-likeness (QED) is 0.870. The fourth-order valence-corrected chi connectivity index (χ4v) is 2.59. The first-order chi connectivity index (χ1) is 10.0. The molecule has 0 radical (unpaired) electrons. The van der Waals surface area contributed by atoms with Crippen LogP contribution in [0.2, 0.25) is 0 Å². The molecule has 1 aliphatic rings. The highest BCUT2D eigenvalue weighted by atomic mass is 16.2. The number of carbonyl (C=O) groups is 2. The Morgan fingerprint density at radius 2 is 1.90 bits per heavy atom. The van der Waals surface area contributed by atoms with Crippen LogP contribution in [0, 0.1) is 5.92 Å². The van der Waals surface area contributed by atoms with Gasteiger partial charge in [-0.3, -0.25) is 15.0 Å². The van der Waals surface area contributed by atoms with E-state index in [0.29, 0.717) is 19.0 Å². The maximum atomic E-state index is 12.3. The molecule has 2 N–H and O–H groups in total. The molecule has 1 aromatic rings. The summed E-state index contributed by atoms with van der Waals surface area (Å²) in [5, 5.41) is 6.01. The molecule has 2 rings (SSSR count).